The van der Waals surface area contributed by atoms with E-state index in [1.165, 1.54) is 25.7 Å². The molecule has 0 saturated carbocycles. The third-order valence-corrected chi connectivity index (χ3v) is 7.58. The minimum atomic E-state index is 0.728. The van der Waals surface area contributed by atoms with E-state index in [1.807, 2.05) is 29.5 Å². The molecule has 7 aromatic rings. The summed E-state index contributed by atoms with van der Waals surface area (Å²) in [4.78, 5) is 0. The summed E-state index contributed by atoms with van der Waals surface area (Å²) in [6, 6.07) is 32.0. The van der Waals surface area contributed by atoms with Crippen molar-refractivity contribution in [2.75, 3.05) is 0 Å². The van der Waals surface area contributed by atoms with Crippen molar-refractivity contribution in [1.29, 1.82) is 0 Å². The quantitative estimate of drug-likeness (QED) is 0.251. The first-order valence-electron chi connectivity index (χ1n) is 10.2. The molecular weight excluding hydrogens is 420 g/mol. The fourth-order valence-electron chi connectivity index (χ4n) is 4.65. The summed E-state index contributed by atoms with van der Waals surface area (Å²) < 4.78 is 9.01. The van der Waals surface area contributed by atoms with Crippen LogP contribution in [0.3, 0.4) is 0 Å². The van der Waals surface area contributed by atoms with Crippen LogP contribution in [0.25, 0.3) is 64.0 Å². The van der Waals surface area contributed by atoms with Crippen LogP contribution < -0.4 is 0 Å². The number of fused-ring (bicyclic) bond motifs is 8. The fraction of sp³-hybridized carbons (Fsp3) is 0. The average Bonchev–Trinajstić information content (AvgIpc) is 3.37. The molecule has 0 amide bonds. The Labute approximate surface area is 187 Å². The van der Waals surface area contributed by atoms with Gasteiger partial charge in [-0.05, 0) is 52.9 Å². The Bertz CT molecular complexity index is 1810. The molecule has 0 aliphatic heterocycles. The highest BCUT2D eigenvalue weighted by Gasteiger charge is 2.15. The van der Waals surface area contributed by atoms with Gasteiger partial charge in [0.05, 0.1) is 5.02 Å². The zero-order valence-electron chi connectivity index (χ0n) is 16.4. The molecule has 3 heteroatoms. The molecule has 0 aliphatic carbocycles. The van der Waals surface area contributed by atoms with Crippen molar-refractivity contribution < 1.29 is 4.42 Å². The van der Waals surface area contributed by atoms with Crippen LogP contribution in [0.5, 0.6) is 0 Å². The zero-order valence-corrected chi connectivity index (χ0v) is 17.9. The largest absolute Gasteiger partial charge is 0.455 e. The predicted molar refractivity (Wildman–Crippen MR) is 135 cm³/mol. The lowest BCUT2D eigenvalue weighted by Crippen LogP contribution is -1.78. The van der Waals surface area contributed by atoms with Gasteiger partial charge in [0, 0.05) is 36.3 Å². The minimum absolute atomic E-state index is 0.728. The van der Waals surface area contributed by atoms with Crippen molar-refractivity contribution in [2.24, 2.45) is 0 Å². The van der Waals surface area contributed by atoms with Gasteiger partial charge in [-0.2, -0.15) is 0 Å². The topological polar surface area (TPSA) is 13.1 Å². The van der Waals surface area contributed by atoms with Crippen LogP contribution in [0.4, 0.5) is 0 Å². The van der Waals surface area contributed by atoms with Crippen LogP contribution in [0, 0.1) is 0 Å². The summed E-state index contributed by atoms with van der Waals surface area (Å²) in [7, 11) is 0. The maximum atomic E-state index is 6.66. The summed E-state index contributed by atoms with van der Waals surface area (Å²) in [5.74, 6) is 0. The van der Waals surface area contributed by atoms with Crippen molar-refractivity contribution in [3.63, 3.8) is 0 Å². The van der Waals surface area contributed by atoms with E-state index in [0.717, 1.165) is 43.3 Å². The molecule has 2 aromatic heterocycles. The lowest BCUT2D eigenvalue weighted by Gasteiger charge is -2.03. The molecule has 7 rings (SSSR count). The number of rotatable bonds is 1. The van der Waals surface area contributed by atoms with Crippen LogP contribution in [-0.2, 0) is 0 Å². The summed E-state index contributed by atoms with van der Waals surface area (Å²) in [5, 5.41) is 7.56. The average molecular weight is 435 g/mol. The summed E-state index contributed by atoms with van der Waals surface area (Å²) in [5.41, 5.74) is 4.05. The molecule has 0 spiro atoms. The second-order valence-corrected chi connectivity index (χ2v) is 9.40. The van der Waals surface area contributed by atoms with E-state index in [2.05, 4.69) is 72.8 Å². The third kappa shape index (κ3) is 2.49. The van der Waals surface area contributed by atoms with Crippen LogP contribution in [0.2, 0.25) is 5.02 Å². The van der Waals surface area contributed by atoms with Gasteiger partial charge in [-0.15, -0.1) is 11.3 Å². The molecule has 0 fully saturated rings. The molecule has 0 N–H and O–H groups in total. The van der Waals surface area contributed by atoms with Crippen molar-refractivity contribution in [1.82, 2.24) is 0 Å². The molecule has 5 aromatic carbocycles. The van der Waals surface area contributed by atoms with Gasteiger partial charge < -0.3 is 4.42 Å². The third-order valence-electron chi connectivity index (χ3n) is 6.13. The van der Waals surface area contributed by atoms with Crippen molar-refractivity contribution in [3.8, 4) is 11.1 Å². The molecule has 0 unspecified atom stereocenters. The highest BCUT2D eigenvalue weighted by molar-refractivity contribution is 7.25. The summed E-state index contributed by atoms with van der Waals surface area (Å²) in [6.07, 6.45) is 0. The molecule has 0 radical (unpaired) electrons. The normalized spacial score (nSPS) is 12.0. The first-order valence-corrected chi connectivity index (χ1v) is 11.4. The van der Waals surface area contributed by atoms with Gasteiger partial charge in [-0.25, -0.2) is 0 Å². The van der Waals surface area contributed by atoms with Crippen molar-refractivity contribution in [2.45, 2.75) is 0 Å². The Hall–Kier alpha value is -3.33. The SMILES string of the molecule is Clc1cc2ccccc2c2oc3cc(-c4ccc5sc6ccccc6c5c4)ccc3c12. The van der Waals surface area contributed by atoms with Gasteiger partial charge >= 0.3 is 0 Å². The van der Waals surface area contributed by atoms with Crippen LogP contribution in [-0.4, -0.2) is 0 Å². The first kappa shape index (κ1) is 17.4. The maximum Gasteiger partial charge on any atom is 0.144 e. The second kappa shape index (κ2) is 6.34. The van der Waals surface area contributed by atoms with Gasteiger partial charge in [0.1, 0.15) is 11.2 Å². The highest BCUT2D eigenvalue weighted by atomic mass is 35.5. The number of thiophene rings is 1. The van der Waals surface area contributed by atoms with Crippen LogP contribution in [0.15, 0.2) is 95.4 Å². The van der Waals surface area contributed by atoms with Gasteiger partial charge in [0.2, 0.25) is 0 Å². The van der Waals surface area contributed by atoms with Crippen LogP contribution >= 0.6 is 22.9 Å². The molecular formula is C28H15ClOS. The molecule has 31 heavy (non-hydrogen) atoms. The van der Waals surface area contributed by atoms with Crippen molar-refractivity contribution >= 4 is 75.8 Å². The zero-order chi connectivity index (χ0) is 20.5. The summed E-state index contributed by atoms with van der Waals surface area (Å²) in [6.45, 7) is 0. The molecule has 0 bridgehead atoms. The van der Waals surface area contributed by atoms with E-state index < -0.39 is 0 Å². The molecule has 2 heterocycles. The van der Waals surface area contributed by atoms with E-state index in [4.69, 9.17) is 16.0 Å². The smallest absolute Gasteiger partial charge is 0.144 e. The highest BCUT2D eigenvalue weighted by Crippen LogP contribution is 2.41. The molecule has 0 aliphatic rings. The van der Waals surface area contributed by atoms with E-state index in [0.29, 0.717) is 0 Å². The van der Waals surface area contributed by atoms with E-state index >= 15 is 0 Å². The maximum absolute atomic E-state index is 6.66. The van der Waals surface area contributed by atoms with E-state index in [-0.39, 0.29) is 0 Å². The number of benzene rings is 5. The van der Waals surface area contributed by atoms with E-state index in [1.54, 1.807) is 0 Å². The number of hydrogen-bond donors (Lipinski definition) is 0. The lowest BCUT2D eigenvalue weighted by atomic mass is 10.0. The summed E-state index contributed by atoms with van der Waals surface area (Å²) >= 11 is 8.50. The number of halogens is 1. The Morgan fingerprint density at radius 3 is 2.29 bits per heavy atom. The Morgan fingerprint density at radius 2 is 1.35 bits per heavy atom. The number of furan rings is 1. The van der Waals surface area contributed by atoms with E-state index in [9.17, 15) is 0 Å². The predicted octanol–water partition coefficient (Wildman–Crippen LogP) is 9.43. The lowest BCUT2D eigenvalue weighted by molar-refractivity contribution is 0.673. The van der Waals surface area contributed by atoms with Gasteiger partial charge in [-0.1, -0.05) is 66.2 Å². The second-order valence-electron chi connectivity index (χ2n) is 7.91. The first-order chi connectivity index (χ1) is 15.3. The van der Waals surface area contributed by atoms with Gasteiger partial charge in [-0.3, -0.25) is 0 Å². The van der Waals surface area contributed by atoms with Crippen molar-refractivity contribution in [3.05, 3.63) is 96.0 Å². The monoisotopic (exact) mass is 434 g/mol. The van der Waals surface area contributed by atoms with Crippen LogP contribution in [0.1, 0.15) is 0 Å². The molecule has 0 atom stereocenters. The molecule has 146 valence electrons. The van der Waals surface area contributed by atoms with Gasteiger partial charge in [0.15, 0.2) is 0 Å². The molecule has 1 nitrogen and oxygen atoms in total. The Balaban J connectivity index is 1.48. The Morgan fingerprint density at radius 1 is 0.613 bits per heavy atom. The Kier molecular flexibility index (Phi) is 3.55. The fourth-order valence-corrected chi connectivity index (χ4v) is 6.04. The minimum Gasteiger partial charge on any atom is -0.455 e. The molecule has 0 saturated heterocycles. The van der Waals surface area contributed by atoms with Gasteiger partial charge in [0.25, 0.3) is 0 Å². The standard InChI is InChI=1S/C28H15ClOS/c29-23-14-18-5-1-2-6-19(18)28-27(23)21-11-9-17(15-24(21)30-28)16-10-12-26-22(13-16)20-7-3-4-8-25(20)31-26/h1-15H. The number of hydrogen-bond acceptors (Lipinski definition) is 2.